The van der Waals surface area contributed by atoms with Crippen molar-refractivity contribution in [3.05, 3.63) is 66.0 Å². The second-order valence-electron chi connectivity index (χ2n) is 5.90. The number of hydrogen-bond acceptors (Lipinski definition) is 3. The van der Waals surface area contributed by atoms with Crippen molar-refractivity contribution in [2.45, 2.75) is 6.42 Å². The van der Waals surface area contributed by atoms with E-state index >= 15 is 0 Å². The van der Waals surface area contributed by atoms with Crippen LogP contribution in [0.5, 0.6) is 0 Å². The molecule has 0 unspecified atom stereocenters. The Bertz CT molecular complexity index is 851. The van der Waals surface area contributed by atoms with E-state index in [9.17, 15) is 4.79 Å². The average molecular weight is 321 g/mol. The maximum atomic E-state index is 13.1. The molecule has 5 nitrogen and oxygen atoms in total. The fourth-order valence-electron chi connectivity index (χ4n) is 3.08. The summed E-state index contributed by atoms with van der Waals surface area (Å²) >= 11 is 0. The number of carbonyl (C=O) groups is 1. The standard InChI is InChI=1S/C19H19N3O2/c23-19(21-10-12-24-13-11-21)22-17-9-5-4-8-16(17)20-18(22)14-15-6-2-1-3-7-15/h1-9H,10-14H2. The summed E-state index contributed by atoms with van der Waals surface area (Å²) in [6, 6.07) is 17.9. The fourth-order valence-corrected chi connectivity index (χ4v) is 3.08. The Hall–Kier alpha value is -2.66. The number of benzene rings is 2. The first kappa shape index (κ1) is 14.9. The SMILES string of the molecule is O=C(N1CCOCC1)n1c(Cc2ccccc2)nc2ccccc21. The molecule has 1 aliphatic heterocycles. The number of morpholine rings is 1. The Kier molecular flexibility index (Phi) is 4.01. The number of rotatable bonds is 2. The van der Waals surface area contributed by atoms with Gasteiger partial charge in [-0.15, -0.1) is 0 Å². The molecule has 5 heteroatoms. The lowest BCUT2D eigenvalue weighted by atomic mass is 10.1. The number of nitrogens with zero attached hydrogens (tertiary/aromatic N) is 3. The van der Waals surface area contributed by atoms with Crippen molar-refractivity contribution in [3.8, 4) is 0 Å². The number of aromatic nitrogens is 2. The van der Waals surface area contributed by atoms with E-state index in [2.05, 4.69) is 12.1 Å². The van der Waals surface area contributed by atoms with Gasteiger partial charge >= 0.3 is 6.03 Å². The first-order valence-corrected chi connectivity index (χ1v) is 8.20. The molecule has 0 atom stereocenters. The zero-order chi connectivity index (χ0) is 16.4. The van der Waals surface area contributed by atoms with Gasteiger partial charge in [0.05, 0.1) is 24.2 Å². The van der Waals surface area contributed by atoms with Crippen molar-refractivity contribution in [1.82, 2.24) is 14.5 Å². The smallest absolute Gasteiger partial charge is 0.330 e. The monoisotopic (exact) mass is 321 g/mol. The average Bonchev–Trinajstić information content (AvgIpc) is 3.00. The van der Waals surface area contributed by atoms with Gasteiger partial charge in [-0.25, -0.2) is 14.3 Å². The van der Waals surface area contributed by atoms with Gasteiger partial charge in [-0.3, -0.25) is 0 Å². The molecule has 3 aromatic rings. The zero-order valence-electron chi connectivity index (χ0n) is 13.4. The van der Waals surface area contributed by atoms with Crippen molar-refractivity contribution < 1.29 is 9.53 Å². The van der Waals surface area contributed by atoms with E-state index in [0.29, 0.717) is 32.7 Å². The van der Waals surface area contributed by atoms with Gasteiger partial charge in [-0.05, 0) is 17.7 Å². The molecule has 122 valence electrons. The van der Waals surface area contributed by atoms with Crippen LogP contribution in [0.1, 0.15) is 11.4 Å². The van der Waals surface area contributed by atoms with Crippen molar-refractivity contribution in [2.24, 2.45) is 0 Å². The van der Waals surface area contributed by atoms with Crippen LogP contribution >= 0.6 is 0 Å². The number of carbonyl (C=O) groups excluding carboxylic acids is 1. The highest BCUT2D eigenvalue weighted by Crippen LogP contribution is 2.20. The molecular formula is C19H19N3O2. The molecule has 2 aromatic carbocycles. The summed E-state index contributed by atoms with van der Waals surface area (Å²) in [4.78, 5) is 19.6. The topological polar surface area (TPSA) is 47.4 Å². The number of hydrogen-bond donors (Lipinski definition) is 0. The Morgan fingerprint density at radius 2 is 1.71 bits per heavy atom. The molecule has 2 heterocycles. The van der Waals surface area contributed by atoms with E-state index < -0.39 is 0 Å². The molecule has 0 saturated carbocycles. The third-order valence-electron chi connectivity index (χ3n) is 4.31. The van der Waals surface area contributed by atoms with Crippen LogP contribution in [0.3, 0.4) is 0 Å². The van der Waals surface area contributed by atoms with Gasteiger partial charge < -0.3 is 9.64 Å². The number of amides is 1. The Balaban J connectivity index is 1.76. The van der Waals surface area contributed by atoms with Crippen LogP contribution < -0.4 is 0 Å². The van der Waals surface area contributed by atoms with Gasteiger partial charge in [0.25, 0.3) is 0 Å². The third kappa shape index (κ3) is 2.78. The lowest BCUT2D eigenvalue weighted by molar-refractivity contribution is 0.0536. The Labute approximate surface area is 140 Å². The van der Waals surface area contributed by atoms with E-state index in [1.807, 2.05) is 47.4 Å². The Morgan fingerprint density at radius 3 is 2.50 bits per heavy atom. The maximum absolute atomic E-state index is 13.1. The van der Waals surface area contributed by atoms with E-state index in [-0.39, 0.29) is 6.03 Å². The lowest BCUT2D eigenvalue weighted by Crippen LogP contribution is -2.43. The second kappa shape index (κ2) is 6.45. The summed E-state index contributed by atoms with van der Waals surface area (Å²) in [5, 5.41) is 0. The minimum Gasteiger partial charge on any atom is -0.378 e. The van der Waals surface area contributed by atoms with E-state index in [0.717, 1.165) is 22.4 Å². The fraction of sp³-hybridized carbons (Fsp3) is 0.263. The zero-order valence-corrected chi connectivity index (χ0v) is 13.4. The number of fused-ring (bicyclic) bond motifs is 1. The highest BCUT2D eigenvalue weighted by Gasteiger charge is 2.23. The van der Waals surface area contributed by atoms with Gasteiger partial charge in [0.2, 0.25) is 0 Å². The first-order chi connectivity index (χ1) is 11.8. The molecular weight excluding hydrogens is 302 g/mol. The largest absolute Gasteiger partial charge is 0.378 e. The third-order valence-corrected chi connectivity index (χ3v) is 4.31. The van der Waals surface area contributed by atoms with Gasteiger partial charge in [-0.1, -0.05) is 42.5 Å². The van der Waals surface area contributed by atoms with Gasteiger partial charge in [0.1, 0.15) is 5.82 Å². The summed E-state index contributed by atoms with van der Waals surface area (Å²) in [5.74, 6) is 0.777. The molecule has 0 spiro atoms. The predicted octanol–water partition coefficient (Wildman–Crippen LogP) is 2.93. The van der Waals surface area contributed by atoms with Crippen LogP contribution in [-0.2, 0) is 11.2 Å². The molecule has 0 bridgehead atoms. The van der Waals surface area contributed by atoms with Gasteiger partial charge in [-0.2, -0.15) is 0 Å². The lowest BCUT2D eigenvalue weighted by Gasteiger charge is -2.27. The summed E-state index contributed by atoms with van der Waals surface area (Å²) in [6.07, 6.45) is 0.631. The molecule has 0 N–H and O–H groups in total. The van der Waals surface area contributed by atoms with Crippen LogP contribution in [-0.4, -0.2) is 46.8 Å². The van der Waals surface area contributed by atoms with E-state index in [4.69, 9.17) is 9.72 Å². The summed E-state index contributed by atoms with van der Waals surface area (Å²) in [7, 11) is 0. The van der Waals surface area contributed by atoms with Crippen molar-refractivity contribution in [1.29, 1.82) is 0 Å². The molecule has 1 aromatic heterocycles. The van der Waals surface area contributed by atoms with Crippen molar-refractivity contribution >= 4 is 17.1 Å². The van der Waals surface area contributed by atoms with Crippen LogP contribution in [0, 0.1) is 0 Å². The highest BCUT2D eigenvalue weighted by atomic mass is 16.5. The molecule has 0 radical (unpaired) electrons. The maximum Gasteiger partial charge on any atom is 0.330 e. The molecule has 1 saturated heterocycles. The number of para-hydroxylation sites is 2. The van der Waals surface area contributed by atoms with Crippen molar-refractivity contribution in [3.63, 3.8) is 0 Å². The number of ether oxygens (including phenoxy) is 1. The highest BCUT2D eigenvalue weighted by molar-refractivity contribution is 5.90. The second-order valence-corrected chi connectivity index (χ2v) is 5.90. The van der Waals surface area contributed by atoms with Crippen LogP contribution in [0.2, 0.25) is 0 Å². The van der Waals surface area contributed by atoms with Crippen LogP contribution in [0.4, 0.5) is 4.79 Å². The van der Waals surface area contributed by atoms with Crippen LogP contribution in [0.15, 0.2) is 54.6 Å². The number of imidazole rings is 1. The summed E-state index contributed by atoms with van der Waals surface area (Å²) in [6.45, 7) is 2.42. The minimum atomic E-state index is -0.0158. The quantitative estimate of drug-likeness (QED) is 0.729. The summed E-state index contributed by atoms with van der Waals surface area (Å²) in [5.41, 5.74) is 2.86. The predicted molar refractivity (Wildman–Crippen MR) is 92.2 cm³/mol. The summed E-state index contributed by atoms with van der Waals surface area (Å²) < 4.78 is 7.12. The Morgan fingerprint density at radius 1 is 1.00 bits per heavy atom. The molecule has 4 rings (SSSR count). The molecule has 24 heavy (non-hydrogen) atoms. The first-order valence-electron chi connectivity index (χ1n) is 8.20. The van der Waals surface area contributed by atoms with Gasteiger partial charge in [0.15, 0.2) is 0 Å². The van der Waals surface area contributed by atoms with E-state index in [1.54, 1.807) is 4.57 Å². The molecule has 0 aliphatic carbocycles. The molecule has 1 fully saturated rings. The minimum absolute atomic E-state index is 0.0158. The van der Waals surface area contributed by atoms with Crippen LogP contribution in [0.25, 0.3) is 11.0 Å². The van der Waals surface area contributed by atoms with E-state index in [1.165, 1.54) is 0 Å². The van der Waals surface area contributed by atoms with Crippen molar-refractivity contribution in [2.75, 3.05) is 26.3 Å². The molecule has 1 aliphatic rings. The van der Waals surface area contributed by atoms with Gasteiger partial charge in [0, 0.05) is 19.5 Å². The normalized spacial score (nSPS) is 14.9. The molecule has 1 amide bonds.